The first-order chi connectivity index (χ1) is 28.0. The normalized spacial score (nSPS) is 18.9. The number of anilines is 3. The van der Waals surface area contributed by atoms with Gasteiger partial charge in [0.1, 0.15) is 36.3 Å². The van der Waals surface area contributed by atoms with E-state index < -0.39 is 29.7 Å². The molecule has 0 saturated carbocycles. The molecule has 7 heterocycles. The predicted molar refractivity (Wildman–Crippen MR) is 209 cm³/mol. The number of piperidine rings is 1. The maximum absolute atomic E-state index is 14.1. The first kappa shape index (κ1) is 38.3. The van der Waals surface area contributed by atoms with Crippen LogP contribution in [0.1, 0.15) is 81.9 Å². The molecule has 2 atom stereocenters. The lowest BCUT2D eigenvalue weighted by Gasteiger charge is -2.27. The number of amides is 6. The van der Waals surface area contributed by atoms with Gasteiger partial charge in [0, 0.05) is 50.4 Å². The van der Waals surface area contributed by atoms with Gasteiger partial charge in [-0.1, -0.05) is 12.1 Å². The van der Waals surface area contributed by atoms with Crippen molar-refractivity contribution in [3.63, 3.8) is 0 Å². The van der Waals surface area contributed by atoms with Crippen molar-refractivity contribution in [2.24, 2.45) is 0 Å². The van der Waals surface area contributed by atoms with Gasteiger partial charge in [-0.25, -0.2) is 9.97 Å². The smallest absolute Gasteiger partial charge is 0.264 e. The highest BCUT2D eigenvalue weighted by Crippen LogP contribution is 2.35. The Morgan fingerprint density at radius 1 is 1.00 bits per heavy atom. The summed E-state index contributed by atoms with van der Waals surface area (Å²) in [5, 5.41) is 13.6. The second-order valence-corrected chi connectivity index (χ2v) is 14.8. The third kappa shape index (κ3) is 7.03. The number of benzene rings is 1. The van der Waals surface area contributed by atoms with Crippen LogP contribution in [0, 0.1) is 0 Å². The van der Waals surface area contributed by atoms with Crippen LogP contribution in [-0.2, 0) is 38.8 Å². The van der Waals surface area contributed by atoms with Gasteiger partial charge in [-0.2, -0.15) is 0 Å². The van der Waals surface area contributed by atoms with Crippen molar-refractivity contribution >= 4 is 52.8 Å². The van der Waals surface area contributed by atoms with E-state index in [2.05, 4.69) is 32.7 Å². The van der Waals surface area contributed by atoms with Crippen LogP contribution in [0.5, 0.6) is 0 Å². The summed E-state index contributed by atoms with van der Waals surface area (Å²) < 4.78 is 7.61. The van der Waals surface area contributed by atoms with E-state index in [0.717, 1.165) is 29.8 Å². The Hall–Kier alpha value is -6.56. The Morgan fingerprint density at radius 2 is 1.83 bits per heavy atom. The van der Waals surface area contributed by atoms with Gasteiger partial charge in [-0.05, 0) is 63.4 Å². The van der Waals surface area contributed by atoms with E-state index >= 15 is 0 Å². The summed E-state index contributed by atoms with van der Waals surface area (Å²) in [6.07, 6.45) is 3.76. The molecule has 8 rings (SSSR count). The predicted octanol–water partition coefficient (Wildman–Crippen LogP) is 2.39. The molecule has 18 heteroatoms. The van der Waals surface area contributed by atoms with E-state index in [4.69, 9.17) is 14.7 Å². The molecule has 2 saturated heterocycles. The summed E-state index contributed by atoms with van der Waals surface area (Å²) in [5.74, 6) is -1.06. The van der Waals surface area contributed by atoms with Crippen LogP contribution in [0.3, 0.4) is 0 Å². The Kier molecular flexibility index (Phi) is 10.4. The Bertz CT molecular complexity index is 2340. The van der Waals surface area contributed by atoms with Crippen LogP contribution in [0.4, 0.5) is 17.3 Å². The van der Waals surface area contributed by atoms with Crippen LogP contribution >= 0.6 is 0 Å². The number of carbonyl (C=O) groups excluding carboxylic acids is 6. The average Bonchev–Trinajstić information content (AvgIpc) is 4.01. The number of ether oxygens (including phenoxy) is 1. The standard InChI is InChI=1S/C40H43N11O7/c1-4-48-22-42-46-36(48)28-11-6-12-31(43-28)50-19-26-25(38(50)55)18-32(49-16-7-8-23(49)2)44-29(26)20-47(3)34(53)21-58-17-15-41-27-10-5-9-24-35(27)40(57)51(39(24)56)30-13-14-33(52)45-37(30)54/h5-6,9-12,18,22-23,30,41H,4,7-8,13-17,19-21H2,1-3H3,(H,45,52,54)/t23-,30?/m1/s1. The summed E-state index contributed by atoms with van der Waals surface area (Å²) in [4.78, 5) is 94.3. The van der Waals surface area contributed by atoms with Crippen LogP contribution in [0.15, 0.2) is 48.8 Å². The van der Waals surface area contributed by atoms with Gasteiger partial charge in [-0.15, -0.1) is 10.2 Å². The van der Waals surface area contributed by atoms with Crippen molar-refractivity contribution in [3.8, 4) is 11.5 Å². The maximum Gasteiger partial charge on any atom is 0.264 e. The number of imide groups is 2. The number of aryl methyl sites for hydroxylation is 1. The molecule has 2 N–H and O–H groups in total. The lowest BCUT2D eigenvalue weighted by molar-refractivity contribution is -0.136. The third-order valence-corrected chi connectivity index (χ3v) is 11.1. The molecule has 18 nitrogen and oxygen atoms in total. The molecule has 0 aliphatic carbocycles. The van der Waals surface area contributed by atoms with Crippen LogP contribution in [0.2, 0.25) is 0 Å². The summed E-state index contributed by atoms with van der Waals surface area (Å²) in [6.45, 7) is 6.06. The largest absolute Gasteiger partial charge is 0.382 e. The minimum atomic E-state index is -1.07. The maximum atomic E-state index is 14.1. The number of hydrogen-bond donors (Lipinski definition) is 2. The number of hydrogen-bond acceptors (Lipinski definition) is 13. The molecule has 6 amide bonds. The summed E-state index contributed by atoms with van der Waals surface area (Å²) in [6, 6.07) is 11.3. The second-order valence-electron chi connectivity index (χ2n) is 14.8. The third-order valence-electron chi connectivity index (χ3n) is 11.1. The Labute approximate surface area is 333 Å². The highest BCUT2D eigenvalue weighted by Gasteiger charge is 2.45. The number of aromatic nitrogens is 5. The molecular weight excluding hydrogens is 747 g/mol. The first-order valence-corrected chi connectivity index (χ1v) is 19.4. The van der Waals surface area contributed by atoms with Crippen molar-refractivity contribution in [2.75, 3.05) is 48.5 Å². The minimum absolute atomic E-state index is 0.0281. The molecule has 0 radical (unpaired) electrons. The highest BCUT2D eigenvalue weighted by molar-refractivity contribution is 6.25. The van der Waals surface area contributed by atoms with E-state index in [9.17, 15) is 28.8 Å². The quantitative estimate of drug-likeness (QED) is 0.148. The average molecular weight is 790 g/mol. The van der Waals surface area contributed by atoms with Gasteiger partial charge in [0.15, 0.2) is 5.82 Å². The van der Waals surface area contributed by atoms with Crippen molar-refractivity contribution in [3.05, 3.63) is 76.7 Å². The topological polar surface area (TPSA) is 205 Å². The van der Waals surface area contributed by atoms with Crippen molar-refractivity contribution < 1.29 is 33.5 Å². The molecular formula is C40H43N11O7. The van der Waals surface area contributed by atoms with Crippen LogP contribution in [-0.4, -0.2) is 115 Å². The van der Waals surface area contributed by atoms with Crippen molar-refractivity contribution in [2.45, 2.75) is 71.2 Å². The molecule has 1 unspecified atom stereocenters. The van der Waals surface area contributed by atoms with Crippen LogP contribution in [0.25, 0.3) is 11.5 Å². The molecule has 1 aromatic carbocycles. The number of carbonyl (C=O) groups is 6. The molecule has 4 aliphatic rings. The molecule has 0 spiro atoms. The fourth-order valence-corrected chi connectivity index (χ4v) is 7.97. The fourth-order valence-electron chi connectivity index (χ4n) is 7.97. The SMILES string of the molecule is CCn1cnnc1-c1cccc(N2Cc3c(cc(N4CCC[C@H]4C)nc3CN(C)C(=O)COCCNc3cccc4c3C(=O)N(C3CCC(=O)NC3=O)C4=O)C2=O)n1. The number of rotatable bonds is 13. The molecule has 300 valence electrons. The number of nitrogens with one attached hydrogen (secondary N) is 2. The Morgan fingerprint density at radius 3 is 2.60 bits per heavy atom. The molecule has 58 heavy (non-hydrogen) atoms. The van der Waals surface area contributed by atoms with E-state index in [1.54, 1.807) is 36.5 Å². The van der Waals surface area contributed by atoms with Gasteiger partial charge in [0.2, 0.25) is 17.7 Å². The second kappa shape index (κ2) is 15.8. The van der Waals surface area contributed by atoms with E-state index in [1.165, 1.54) is 11.0 Å². The van der Waals surface area contributed by atoms with E-state index in [0.29, 0.717) is 46.6 Å². The van der Waals surface area contributed by atoms with Gasteiger partial charge in [0.25, 0.3) is 17.7 Å². The molecule has 0 bridgehead atoms. The zero-order chi connectivity index (χ0) is 40.7. The number of pyridine rings is 2. The number of likely N-dealkylation sites (N-methyl/N-ethyl adjacent to an activating group) is 1. The van der Waals surface area contributed by atoms with Gasteiger partial charge < -0.3 is 24.4 Å². The van der Waals surface area contributed by atoms with Gasteiger partial charge in [-0.3, -0.25) is 43.9 Å². The molecule has 2 fully saturated rings. The van der Waals surface area contributed by atoms with Gasteiger partial charge >= 0.3 is 0 Å². The van der Waals surface area contributed by atoms with Gasteiger partial charge in [0.05, 0.1) is 42.1 Å². The number of fused-ring (bicyclic) bond motifs is 2. The molecule has 4 aliphatic heterocycles. The summed E-state index contributed by atoms with van der Waals surface area (Å²) in [7, 11) is 1.66. The monoisotopic (exact) mass is 789 g/mol. The van der Waals surface area contributed by atoms with Crippen molar-refractivity contribution in [1.29, 1.82) is 0 Å². The molecule has 4 aromatic rings. The summed E-state index contributed by atoms with van der Waals surface area (Å²) >= 11 is 0. The fraction of sp³-hybridized carbons (Fsp3) is 0.400. The lowest BCUT2D eigenvalue weighted by Crippen LogP contribution is -2.54. The Balaban J connectivity index is 0.920. The molecule has 3 aromatic heterocycles. The van der Waals surface area contributed by atoms with E-state index in [1.807, 2.05) is 29.7 Å². The van der Waals surface area contributed by atoms with Crippen molar-refractivity contribution in [1.82, 2.24) is 39.8 Å². The highest BCUT2D eigenvalue weighted by atomic mass is 16.5. The minimum Gasteiger partial charge on any atom is -0.382 e. The van der Waals surface area contributed by atoms with E-state index in [-0.39, 0.29) is 74.7 Å². The first-order valence-electron chi connectivity index (χ1n) is 19.4. The lowest BCUT2D eigenvalue weighted by atomic mass is 10.0. The summed E-state index contributed by atoms with van der Waals surface area (Å²) in [5.41, 5.74) is 3.16. The van der Waals surface area contributed by atoms with Crippen LogP contribution < -0.4 is 20.4 Å². The zero-order valence-electron chi connectivity index (χ0n) is 32.4. The number of nitrogens with zero attached hydrogens (tertiary/aromatic N) is 9. The zero-order valence-corrected chi connectivity index (χ0v) is 32.4.